The number of ether oxygens (including phenoxy) is 1. The Morgan fingerprint density at radius 2 is 1.75 bits per heavy atom. The second-order valence-corrected chi connectivity index (χ2v) is 8.08. The number of nitrogens with zero attached hydrogens (tertiary/aromatic N) is 4. The van der Waals surface area contributed by atoms with Crippen LogP contribution in [0.15, 0.2) is 42.6 Å². The molecule has 0 unspecified atom stereocenters. The predicted octanol–water partition coefficient (Wildman–Crippen LogP) is 3.85. The molecule has 2 aromatic rings. The second kappa shape index (κ2) is 11.5. The molecule has 7 heteroatoms. The summed E-state index contributed by atoms with van der Waals surface area (Å²) in [6.07, 6.45) is 4.74. The third-order valence-electron chi connectivity index (χ3n) is 5.77. The lowest BCUT2D eigenvalue weighted by molar-refractivity contribution is 0.0525. The number of esters is 1. The summed E-state index contributed by atoms with van der Waals surface area (Å²) in [5.41, 5.74) is 2.31. The van der Waals surface area contributed by atoms with E-state index in [1.165, 1.54) is 0 Å². The zero-order valence-corrected chi connectivity index (χ0v) is 19.4. The van der Waals surface area contributed by atoms with E-state index in [1.54, 1.807) is 19.2 Å². The maximum atomic E-state index is 13.1. The molecule has 7 nitrogen and oxygen atoms in total. The fourth-order valence-electron chi connectivity index (χ4n) is 3.82. The average molecular weight is 439 g/mol. The van der Waals surface area contributed by atoms with Gasteiger partial charge >= 0.3 is 5.97 Å². The van der Waals surface area contributed by atoms with Gasteiger partial charge in [0.05, 0.1) is 12.2 Å². The summed E-state index contributed by atoms with van der Waals surface area (Å²) in [6, 6.07) is 11.5. The molecule has 0 atom stereocenters. The molecule has 0 N–H and O–H groups in total. The van der Waals surface area contributed by atoms with Crippen LogP contribution in [0, 0.1) is 0 Å². The first-order valence-corrected chi connectivity index (χ1v) is 11.5. The number of carbonyl (C=O) groups is 2. The number of hydrogen-bond acceptors (Lipinski definition) is 6. The summed E-state index contributed by atoms with van der Waals surface area (Å²) in [6.45, 7) is 8.20. The normalized spacial score (nSPS) is 14.1. The van der Waals surface area contributed by atoms with E-state index in [0.717, 1.165) is 49.4 Å². The highest BCUT2D eigenvalue weighted by molar-refractivity contribution is 5.94. The molecule has 0 radical (unpaired) electrons. The molecular formula is C25H34N4O3. The van der Waals surface area contributed by atoms with E-state index >= 15 is 0 Å². The quantitative estimate of drug-likeness (QED) is 0.584. The Labute approximate surface area is 191 Å². The highest BCUT2D eigenvalue weighted by Crippen LogP contribution is 2.18. The summed E-state index contributed by atoms with van der Waals surface area (Å²) in [4.78, 5) is 35.6. The molecule has 0 bridgehead atoms. The minimum atomic E-state index is -0.359. The first-order valence-electron chi connectivity index (χ1n) is 11.5. The first kappa shape index (κ1) is 23.6. The number of rotatable bonds is 8. The highest BCUT2D eigenvalue weighted by atomic mass is 16.5. The molecule has 2 heterocycles. The largest absolute Gasteiger partial charge is 0.462 e. The molecule has 3 rings (SSSR count). The van der Waals surface area contributed by atoms with Gasteiger partial charge in [0.15, 0.2) is 0 Å². The minimum Gasteiger partial charge on any atom is -0.462 e. The average Bonchev–Trinajstić information content (AvgIpc) is 3.09. The van der Waals surface area contributed by atoms with Crippen LogP contribution < -0.4 is 9.80 Å². The van der Waals surface area contributed by atoms with Gasteiger partial charge in [-0.2, -0.15) is 0 Å². The zero-order valence-electron chi connectivity index (χ0n) is 19.4. The van der Waals surface area contributed by atoms with Gasteiger partial charge in [-0.15, -0.1) is 0 Å². The number of hydrogen-bond donors (Lipinski definition) is 0. The summed E-state index contributed by atoms with van der Waals surface area (Å²) >= 11 is 0. The van der Waals surface area contributed by atoms with Crippen molar-refractivity contribution in [2.75, 3.05) is 56.2 Å². The van der Waals surface area contributed by atoms with Gasteiger partial charge in [0.1, 0.15) is 5.82 Å². The predicted molar refractivity (Wildman–Crippen MR) is 128 cm³/mol. The van der Waals surface area contributed by atoms with E-state index in [0.29, 0.717) is 31.8 Å². The molecule has 1 saturated heterocycles. The Morgan fingerprint density at radius 3 is 2.41 bits per heavy atom. The Bertz CT molecular complexity index is 883. The lowest BCUT2D eigenvalue weighted by Crippen LogP contribution is -2.35. The fraction of sp³-hybridized carbons (Fsp3) is 0.480. The number of aromatic nitrogens is 1. The van der Waals surface area contributed by atoms with Crippen LogP contribution in [0.5, 0.6) is 0 Å². The lowest BCUT2D eigenvalue weighted by Gasteiger charge is -2.23. The molecule has 1 fully saturated rings. The number of amides is 1. The van der Waals surface area contributed by atoms with Gasteiger partial charge < -0.3 is 19.4 Å². The summed E-state index contributed by atoms with van der Waals surface area (Å²) in [5.74, 6) is 0.522. The Hall–Kier alpha value is -3.09. The zero-order chi connectivity index (χ0) is 22.9. The molecule has 1 aromatic carbocycles. The summed E-state index contributed by atoms with van der Waals surface area (Å²) in [7, 11) is 2.09. The van der Waals surface area contributed by atoms with E-state index in [2.05, 4.69) is 28.8 Å². The molecule has 0 spiro atoms. The summed E-state index contributed by atoms with van der Waals surface area (Å²) in [5, 5.41) is 0. The van der Waals surface area contributed by atoms with Crippen LogP contribution in [0.25, 0.3) is 0 Å². The van der Waals surface area contributed by atoms with Gasteiger partial charge in [-0.3, -0.25) is 4.79 Å². The number of benzene rings is 1. The van der Waals surface area contributed by atoms with E-state index in [4.69, 9.17) is 4.74 Å². The molecular weight excluding hydrogens is 404 g/mol. The fourth-order valence-corrected chi connectivity index (χ4v) is 3.82. The molecule has 1 aliphatic rings. The van der Waals surface area contributed by atoms with Gasteiger partial charge in [0.25, 0.3) is 5.91 Å². The minimum absolute atomic E-state index is 0.0697. The van der Waals surface area contributed by atoms with Crippen molar-refractivity contribution < 1.29 is 14.3 Å². The van der Waals surface area contributed by atoms with Gasteiger partial charge in [-0.05, 0) is 56.2 Å². The van der Waals surface area contributed by atoms with E-state index < -0.39 is 0 Å². The van der Waals surface area contributed by atoms with Crippen molar-refractivity contribution in [3.05, 3.63) is 53.7 Å². The second-order valence-electron chi connectivity index (χ2n) is 8.08. The number of anilines is 2. The standard InChI is InChI=1S/C25H34N4O3/c1-4-6-14-27(3)22-11-8-20(9-12-22)24(30)29-16-7-15-28(17-18-29)23-13-10-21(19-26-23)25(31)32-5-2/h8-13,19H,4-7,14-18H2,1-3H3. The van der Waals surface area contributed by atoms with Crippen molar-refractivity contribution in [2.24, 2.45) is 0 Å². The van der Waals surface area contributed by atoms with Crippen molar-refractivity contribution in [2.45, 2.75) is 33.1 Å². The van der Waals surface area contributed by atoms with Crippen LogP contribution in [-0.2, 0) is 4.74 Å². The lowest BCUT2D eigenvalue weighted by atomic mass is 10.1. The van der Waals surface area contributed by atoms with Gasteiger partial charge in [-0.1, -0.05) is 13.3 Å². The van der Waals surface area contributed by atoms with Crippen LogP contribution in [0.4, 0.5) is 11.5 Å². The van der Waals surface area contributed by atoms with Crippen LogP contribution in [0.1, 0.15) is 53.8 Å². The molecule has 1 aromatic heterocycles. The van der Waals surface area contributed by atoms with Crippen molar-refractivity contribution >= 4 is 23.4 Å². The summed E-state index contributed by atoms with van der Waals surface area (Å²) < 4.78 is 5.01. The first-order chi connectivity index (χ1) is 15.5. The van der Waals surface area contributed by atoms with Gasteiger partial charge in [0.2, 0.25) is 0 Å². The van der Waals surface area contributed by atoms with E-state index in [1.807, 2.05) is 35.2 Å². The Balaban J connectivity index is 1.58. The highest BCUT2D eigenvalue weighted by Gasteiger charge is 2.21. The SMILES string of the molecule is CCCCN(C)c1ccc(C(=O)N2CCCN(c3ccc(C(=O)OCC)cn3)CC2)cc1. The van der Waals surface area contributed by atoms with Crippen LogP contribution >= 0.6 is 0 Å². The van der Waals surface area contributed by atoms with Crippen molar-refractivity contribution in [3.8, 4) is 0 Å². The van der Waals surface area contributed by atoms with Crippen molar-refractivity contribution in [1.29, 1.82) is 0 Å². The molecule has 1 amide bonds. The van der Waals surface area contributed by atoms with Gasteiger partial charge in [-0.25, -0.2) is 9.78 Å². The molecule has 172 valence electrons. The number of carbonyl (C=O) groups excluding carboxylic acids is 2. The number of unbranched alkanes of at least 4 members (excludes halogenated alkanes) is 1. The van der Waals surface area contributed by atoms with Crippen LogP contribution in [0.3, 0.4) is 0 Å². The van der Waals surface area contributed by atoms with Crippen molar-refractivity contribution in [1.82, 2.24) is 9.88 Å². The maximum absolute atomic E-state index is 13.1. The molecule has 0 saturated carbocycles. The molecule has 1 aliphatic heterocycles. The number of pyridine rings is 1. The van der Waals surface area contributed by atoms with Gasteiger partial charge in [0, 0.05) is 57.2 Å². The maximum Gasteiger partial charge on any atom is 0.339 e. The van der Waals surface area contributed by atoms with E-state index in [-0.39, 0.29) is 11.9 Å². The van der Waals surface area contributed by atoms with Crippen LogP contribution in [0.2, 0.25) is 0 Å². The van der Waals surface area contributed by atoms with E-state index in [9.17, 15) is 9.59 Å². The van der Waals surface area contributed by atoms with Crippen molar-refractivity contribution in [3.63, 3.8) is 0 Å². The third kappa shape index (κ3) is 5.99. The van der Waals surface area contributed by atoms with Crippen LogP contribution in [-0.4, -0.2) is 68.1 Å². The third-order valence-corrected chi connectivity index (χ3v) is 5.77. The monoisotopic (exact) mass is 438 g/mol. The smallest absolute Gasteiger partial charge is 0.339 e. The topological polar surface area (TPSA) is 66.0 Å². The molecule has 32 heavy (non-hydrogen) atoms. The molecule has 0 aliphatic carbocycles. The Morgan fingerprint density at radius 1 is 1.00 bits per heavy atom. The Kier molecular flexibility index (Phi) is 8.48.